The molecule has 12 heavy (non-hydrogen) atoms. The molecule has 0 spiro atoms. The van der Waals surface area contributed by atoms with Crippen LogP contribution in [0.3, 0.4) is 0 Å². The van der Waals surface area contributed by atoms with E-state index in [2.05, 4.69) is 0 Å². The summed E-state index contributed by atoms with van der Waals surface area (Å²) in [6.45, 7) is -0.657. The summed E-state index contributed by atoms with van der Waals surface area (Å²) in [6, 6.07) is 0. The molecule has 7 heteroatoms. The van der Waals surface area contributed by atoms with E-state index in [4.69, 9.17) is 5.73 Å². The maximum absolute atomic E-state index is 12.2. The first-order valence-corrected chi connectivity index (χ1v) is 5.02. The van der Waals surface area contributed by atoms with Crippen molar-refractivity contribution in [1.29, 1.82) is 0 Å². The van der Waals surface area contributed by atoms with Gasteiger partial charge in [0, 0.05) is 6.54 Å². The Morgan fingerprint density at radius 1 is 1.33 bits per heavy atom. The number of alkyl halides is 3. The van der Waals surface area contributed by atoms with E-state index in [1.165, 1.54) is 0 Å². The molecule has 0 atom stereocenters. The highest BCUT2D eigenvalue weighted by atomic mass is 32.2. The molecule has 1 rings (SSSR count). The minimum atomic E-state index is -4.51. The van der Waals surface area contributed by atoms with Crippen LogP contribution in [0.2, 0.25) is 0 Å². The third-order valence-electron chi connectivity index (χ3n) is 1.98. The molecule has 1 aliphatic rings. The molecule has 1 saturated heterocycles. The quantitative estimate of drug-likeness (QED) is 0.648. The Labute approximate surface area is 67.7 Å². The predicted octanol–water partition coefficient (Wildman–Crippen LogP) is -0.0778. The summed E-state index contributed by atoms with van der Waals surface area (Å²) in [5.41, 5.74) is 2.72. The van der Waals surface area contributed by atoms with Gasteiger partial charge in [-0.1, -0.05) is 0 Å². The lowest BCUT2D eigenvalue weighted by atomic mass is 9.91. The minimum Gasteiger partial charge on any atom is -0.330 e. The molecule has 72 valence electrons. The monoisotopic (exact) mass is 203 g/mol. The molecule has 0 saturated carbocycles. The van der Waals surface area contributed by atoms with Gasteiger partial charge in [0.15, 0.2) is 9.84 Å². The van der Waals surface area contributed by atoms with E-state index in [0.29, 0.717) is 0 Å². The predicted molar refractivity (Wildman–Crippen MR) is 36.2 cm³/mol. The van der Waals surface area contributed by atoms with Gasteiger partial charge >= 0.3 is 6.18 Å². The van der Waals surface area contributed by atoms with Crippen molar-refractivity contribution in [1.82, 2.24) is 0 Å². The molecule has 0 unspecified atom stereocenters. The fraction of sp³-hybridized carbons (Fsp3) is 1.00. The molecule has 0 amide bonds. The highest BCUT2D eigenvalue weighted by Gasteiger charge is 2.64. The lowest BCUT2D eigenvalue weighted by Gasteiger charge is -2.41. The Bertz CT molecular complexity index is 270. The van der Waals surface area contributed by atoms with Crippen molar-refractivity contribution in [3.63, 3.8) is 0 Å². The van der Waals surface area contributed by atoms with Gasteiger partial charge in [-0.15, -0.1) is 0 Å². The van der Waals surface area contributed by atoms with Crippen molar-refractivity contribution in [2.75, 3.05) is 18.1 Å². The number of hydrogen-bond acceptors (Lipinski definition) is 3. The van der Waals surface area contributed by atoms with Gasteiger partial charge < -0.3 is 5.73 Å². The average Bonchev–Trinajstić information content (AvgIpc) is 1.78. The van der Waals surface area contributed by atoms with Crippen LogP contribution in [-0.2, 0) is 9.84 Å². The Kier molecular flexibility index (Phi) is 1.92. The molecule has 0 radical (unpaired) electrons. The Hall–Kier alpha value is -0.300. The van der Waals surface area contributed by atoms with Crippen LogP contribution in [0, 0.1) is 5.41 Å². The van der Waals surface area contributed by atoms with Crippen LogP contribution in [0.4, 0.5) is 13.2 Å². The fourth-order valence-corrected chi connectivity index (χ4v) is 3.36. The molecule has 3 nitrogen and oxygen atoms in total. The van der Waals surface area contributed by atoms with E-state index in [-0.39, 0.29) is 0 Å². The molecule has 0 aromatic carbocycles. The zero-order valence-corrected chi connectivity index (χ0v) is 6.87. The van der Waals surface area contributed by atoms with Gasteiger partial charge in [0.05, 0.1) is 11.5 Å². The zero-order chi connectivity index (χ0) is 9.62. The molecule has 0 aromatic heterocycles. The Morgan fingerprint density at radius 2 is 1.75 bits per heavy atom. The van der Waals surface area contributed by atoms with Gasteiger partial charge in [0.1, 0.15) is 5.41 Å². The number of nitrogens with two attached hydrogens (primary N) is 1. The van der Waals surface area contributed by atoms with Gasteiger partial charge in [0.25, 0.3) is 0 Å². The summed E-state index contributed by atoms with van der Waals surface area (Å²) in [7, 11) is -3.48. The first-order chi connectivity index (χ1) is 5.22. The Balaban J connectivity index is 2.86. The molecule has 1 fully saturated rings. The highest BCUT2D eigenvalue weighted by Crippen LogP contribution is 2.46. The lowest BCUT2D eigenvalue weighted by Crippen LogP contribution is -2.61. The van der Waals surface area contributed by atoms with Gasteiger partial charge in [0.2, 0.25) is 0 Å². The number of sulfone groups is 1. The second kappa shape index (κ2) is 2.35. The molecule has 0 bridgehead atoms. The van der Waals surface area contributed by atoms with Crippen molar-refractivity contribution in [2.24, 2.45) is 11.1 Å². The van der Waals surface area contributed by atoms with Crippen LogP contribution in [0.1, 0.15) is 0 Å². The van der Waals surface area contributed by atoms with E-state index >= 15 is 0 Å². The maximum atomic E-state index is 12.2. The largest absolute Gasteiger partial charge is 0.397 e. The van der Waals surface area contributed by atoms with Gasteiger partial charge in [-0.25, -0.2) is 8.42 Å². The van der Waals surface area contributed by atoms with Crippen LogP contribution in [0.5, 0.6) is 0 Å². The fourth-order valence-electron chi connectivity index (χ4n) is 1.20. The van der Waals surface area contributed by atoms with Gasteiger partial charge in [-0.2, -0.15) is 13.2 Å². The van der Waals surface area contributed by atoms with Gasteiger partial charge in [-0.3, -0.25) is 0 Å². The summed E-state index contributed by atoms with van der Waals surface area (Å²) < 4.78 is 57.6. The van der Waals surface area contributed by atoms with Crippen molar-refractivity contribution in [3.05, 3.63) is 0 Å². The lowest BCUT2D eigenvalue weighted by molar-refractivity contribution is -0.209. The highest BCUT2D eigenvalue weighted by molar-refractivity contribution is 7.92. The normalized spacial score (nSPS) is 26.3. The Morgan fingerprint density at radius 3 is 1.83 bits per heavy atom. The summed E-state index contributed by atoms with van der Waals surface area (Å²) in [5, 5.41) is 0. The van der Waals surface area contributed by atoms with Crippen LogP contribution in [0.15, 0.2) is 0 Å². The van der Waals surface area contributed by atoms with Crippen molar-refractivity contribution in [2.45, 2.75) is 6.18 Å². The number of halogens is 3. The van der Waals surface area contributed by atoms with Crippen molar-refractivity contribution >= 4 is 9.84 Å². The average molecular weight is 203 g/mol. The van der Waals surface area contributed by atoms with Crippen LogP contribution >= 0.6 is 0 Å². The molecule has 1 heterocycles. The van der Waals surface area contributed by atoms with Crippen LogP contribution in [0.25, 0.3) is 0 Å². The maximum Gasteiger partial charge on any atom is 0.397 e. The first kappa shape index (κ1) is 9.79. The van der Waals surface area contributed by atoms with Crippen LogP contribution < -0.4 is 5.73 Å². The molecule has 2 N–H and O–H groups in total. The van der Waals surface area contributed by atoms with Crippen molar-refractivity contribution < 1.29 is 21.6 Å². The van der Waals surface area contributed by atoms with E-state index in [0.717, 1.165) is 0 Å². The third-order valence-corrected chi connectivity index (χ3v) is 3.97. The van der Waals surface area contributed by atoms with E-state index in [9.17, 15) is 21.6 Å². The number of hydrogen-bond donors (Lipinski definition) is 1. The summed E-state index contributed by atoms with van der Waals surface area (Å²) in [6.07, 6.45) is -4.51. The van der Waals surface area contributed by atoms with E-state index < -0.39 is 39.5 Å². The van der Waals surface area contributed by atoms with E-state index in [1.807, 2.05) is 0 Å². The molecular formula is C5H8F3NO2S. The molecule has 1 aliphatic heterocycles. The second-order valence-electron chi connectivity index (χ2n) is 3.01. The first-order valence-electron chi connectivity index (χ1n) is 3.20. The van der Waals surface area contributed by atoms with Crippen molar-refractivity contribution in [3.8, 4) is 0 Å². The van der Waals surface area contributed by atoms with Gasteiger partial charge in [-0.05, 0) is 0 Å². The molecule has 0 aromatic rings. The topological polar surface area (TPSA) is 60.2 Å². The molecule has 0 aliphatic carbocycles. The zero-order valence-electron chi connectivity index (χ0n) is 6.06. The third kappa shape index (κ3) is 1.31. The summed E-state index contributed by atoms with van der Waals surface area (Å²) in [4.78, 5) is 0. The number of rotatable bonds is 1. The summed E-state index contributed by atoms with van der Waals surface area (Å²) >= 11 is 0. The standard InChI is InChI=1S/C5H8F3NO2S/c6-5(7,8)4(1-9)2-12(10,11)3-4/h1-3,9H2. The second-order valence-corrected chi connectivity index (χ2v) is 5.08. The summed E-state index contributed by atoms with van der Waals surface area (Å²) in [5.74, 6) is -1.72. The minimum absolute atomic E-state index is 0.657. The molecular weight excluding hydrogens is 195 g/mol. The van der Waals surface area contributed by atoms with Crippen LogP contribution in [-0.4, -0.2) is 32.6 Å². The SMILES string of the molecule is NCC1(C(F)(F)F)CS(=O)(=O)C1. The smallest absolute Gasteiger partial charge is 0.330 e. The van der Waals surface area contributed by atoms with E-state index in [1.54, 1.807) is 0 Å².